The molecule has 1 rings (SSSR count). The highest BCUT2D eigenvalue weighted by Gasteiger charge is 2.02. The summed E-state index contributed by atoms with van der Waals surface area (Å²) < 4.78 is 10.8. The second-order valence-electron chi connectivity index (χ2n) is 3.98. The zero-order valence-electron chi connectivity index (χ0n) is 10.1. The molecule has 2 N–H and O–H groups in total. The maximum Gasteiger partial charge on any atom is 0.213 e. The van der Waals surface area contributed by atoms with Crippen LogP contribution in [0.3, 0.4) is 0 Å². The predicted octanol–water partition coefficient (Wildman–Crippen LogP) is 1.91. The predicted molar refractivity (Wildman–Crippen MR) is 63.4 cm³/mol. The van der Waals surface area contributed by atoms with E-state index in [2.05, 4.69) is 4.98 Å². The molecule has 0 aliphatic carbocycles. The molecule has 0 spiro atoms. The number of hydrogen-bond acceptors (Lipinski definition) is 4. The summed E-state index contributed by atoms with van der Waals surface area (Å²) in [5, 5.41) is 0. The third-order valence-electron chi connectivity index (χ3n) is 2.07. The highest BCUT2D eigenvalue weighted by Crippen LogP contribution is 2.14. The molecule has 0 aromatic carbocycles. The van der Waals surface area contributed by atoms with Crippen LogP contribution in [0.5, 0.6) is 5.88 Å². The van der Waals surface area contributed by atoms with Crippen LogP contribution in [0, 0.1) is 0 Å². The molecule has 1 aromatic heterocycles. The summed E-state index contributed by atoms with van der Waals surface area (Å²) in [7, 11) is 0. The SMILES string of the molecule is CC(C)OCCOc1cc([C@@H](C)N)ccn1. The summed E-state index contributed by atoms with van der Waals surface area (Å²) >= 11 is 0. The zero-order chi connectivity index (χ0) is 12.0. The smallest absolute Gasteiger partial charge is 0.213 e. The Morgan fingerprint density at radius 3 is 2.69 bits per heavy atom. The molecule has 1 heterocycles. The monoisotopic (exact) mass is 224 g/mol. The van der Waals surface area contributed by atoms with Gasteiger partial charge in [0, 0.05) is 18.3 Å². The third kappa shape index (κ3) is 4.59. The van der Waals surface area contributed by atoms with Gasteiger partial charge in [-0.1, -0.05) is 0 Å². The Labute approximate surface area is 96.8 Å². The zero-order valence-corrected chi connectivity index (χ0v) is 10.1. The molecule has 0 amide bonds. The van der Waals surface area contributed by atoms with Crippen molar-refractivity contribution in [2.24, 2.45) is 5.73 Å². The van der Waals surface area contributed by atoms with Crippen molar-refractivity contribution in [1.29, 1.82) is 0 Å². The normalized spacial score (nSPS) is 12.8. The highest BCUT2D eigenvalue weighted by atomic mass is 16.5. The number of aromatic nitrogens is 1. The van der Waals surface area contributed by atoms with Crippen LogP contribution < -0.4 is 10.5 Å². The summed E-state index contributed by atoms with van der Waals surface area (Å²) in [5.41, 5.74) is 6.79. The fraction of sp³-hybridized carbons (Fsp3) is 0.583. The molecule has 4 heteroatoms. The van der Waals surface area contributed by atoms with E-state index in [1.807, 2.05) is 32.9 Å². The Morgan fingerprint density at radius 2 is 2.06 bits per heavy atom. The van der Waals surface area contributed by atoms with Gasteiger partial charge in [0.05, 0.1) is 12.7 Å². The number of ether oxygens (including phenoxy) is 2. The molecule has 0 saturated carbocycles. The van der Waals surface area contributed by atoms with Gasteiger partial charge in [-0.15, -0.1) is 0 Å². The lowest BCUT2D eigenvalue weighted by atomic mass is 10.1. The Hall–Kier alpha value is -1.13. The van der Waals surface area contributed by atoms with Crippen molar-refractivity contribution in [1.82, 2.24) is 4.98 Å². The molecule has 4 nitrogen and oxygen atoms in total. The van der Waals surface area contributed by atoms with E-state index in [1.165, 1.54) is 0 Å². The lowest BCUT2D eigenvalue weighted by Crippen LogP contribution is -2.12. The average Bonchev–Trinajstić information content (AvgIpc) is 2.24. The van der Waals surface area contributed by atoms with E-state index in [-0.39, 0.29) is 12.1 Å². The fourth-order valence-electron chi connectivity index (χ4n) is 1.22. The highest BCUT2D eigenvalue weighted by molar-refractivity contribution is 5.22. The molecule has 0 saturated heterocycles. The van der Waals surface area contributed by atoms with Gasteiger partial charge in [-0.25, -0.2) is 4.98 Å². The van der Waals surface area contributed by atoms with E-state index in [4.69, 9.17) is 15.2 Å². The first-order chi connectivity index (χ1) is 7.59. The van der Waals surface area contributed by atoms with Crippen LogP contribution in [-0.2, 0) is 4.74 Å². The molecule has 0 radical (unpaired) electrons. The molecule has 0 bridgehead atoms. The summed E-state index contributed by atoms with van der Waals surface area (Å²) in [6.07, 6.45) is 1.93. The fourth-order valence-corrected chi connectivity index (χ4v) is 1.22. The number of hydrogen-bond donors (Lipinski definition) is 1. The van der Waals surface area contributed by atoms with Gasteiger partial charge in [0.25, 0.3) is 0 Å². The van der Waals surface area contributed by atoms with Crippen molar-refractivity contribution in [2.75, 3.05) is 13.2 Å². The van der Waals surface area contributed by atoms with Crippen LogP contribution in [0.4, 0.5) is 0 Å². The van der Waals surface area contributed by atoms with E-state index >= 15 is 0 Å². The van der Waals surface area contributed by atoms with Crippen LogP contribution in [0.15, 0.2) is 18.3 Å². The van der Waals surface area contributed by atoms with E-state index in [9.17, 15) is 0 Å². The molecule has 0 aliphatic rings. The van der Waals surface area contributed by atoms with Gasteiger partial charge < -0.3 is 15.2 Å². The molecular weight excluding hydrogens is 204 g/mol. The number of nitrogens with two attached hydrogens (primary N) is 1. The topological polar surface area (TPSA) is 57.4 Å². The molecule has 0 unspecified atom stereocenters. The van der Waals surface area contributed by atoms with Gasteiger partial charge in [0.1, 0.15) is 6.61 Å². The maximum absolute atomic E-state index is 5.77. The minimum Gasteiger partial charge on any atom is -0.475 e. The van der Waals surface area contributed by atoms with Crippen LogP contribution in [0.25, 0.3) is 0 Å². The van der Waals surface area contributed by atoms with Crippen LogP contribution in [0.2, 0.25) is 0 Å². The van der Waals surface area contributed by atoms with Crippen LogP contribution in [0.1, 0.15) is 32.4 Å². The van der Waals surface area contributed by atoms with Crippen molar-refractivity contribution in [2.45, 2.75) is 32.9 Å². The molecule has 0 fully saturated rings. The summed E-state index contributed by atoms with van der Waals surface area (Å²) in [5.74, 6) is 0.599. The summed E-state index contributed by atoms with van der Waals surface area (Å²) in [4.78, 5) is 4.11. The summed E-state index contributed by atoms with van der Waals surface area (Å²) in [6.45, 7) is 7.00. The van der Waals surface area contributed by atoms with Crippen molar-refractivity contribution >= 4 is 0 Å². The quantitative estimate of drug-likeness (QED) is 0.750. The standard InChI is InChI=1S/C12H20N2O2/c1-9(2)15-6-7-16-12-8-11(10(3)13)4-5-14-12/h4-5,8-10H,6-7,13H2,1-3H3/t10-/m1/s1. The molecule has 16 heavy (non-hydrogen) atoms. The van der Waals surface area contributed by atoms with Gasteiger partial charge in [-0.2, -0.15) is 0 Å². The Kier molecular flexibility index (Phi) is 5.22. The first-order valence-corrected chi connectivity index (χ1v) is 5.55. The van der Waals surface area contributed by atoms with Gasteiger partial charge in [0.15, 0.2) is 0 Å². The number of rotatable bonds is 6. The minimum atomic E-state index is -0.00253. The molecule has 90 valence electrons. The Bertz CT molecular complexity index is 314. The van der Waals surface area contributed by atoms with Crippen molar-refractivity contribution in [3.63, 3.8) is 0 Å². The van der Waals surface area contributed by atoms with Crippen molar-refractivity contribution in [3.05, 3.63) is 23.9 Å². The van der Waals surface area contributed by atoms with Crippen molar-refractivity contribution in [3.8, 4) is 5.88 Å². The van der Waals surface area contributed by atoms with Gasteiger partial charge in [0.2, 0.25) is 5.88 Å². The second-order valence-corrected chi connectivity index (χ2v) is 3.98. The van der Waals surface area contributed by atoms with E-state index in [1.54, 1.807) is 6.20 Å². The largest absolute Gasteiger partial charge is 0.475 e. The molecular formula is C12H20N2O2. The van der Waals surface area contributed by atoms with Crippen LogP contribution >= 0.6 is 0 Å². The van der Waals surface area contributed by atoms with Gasteiger partial charge in [-0.3, -0.25) is 0 Å². The maximum atomic E-state index is 5.77. The van der Waals surface area contributed by atoms with E-state index in [0.717, 1.165) is 5.56 Å². The van der Waals surface area contributed by atoms with E-state index in [0.29, 0.717) is 19.1 Å². The lowest BCUT2D eigenvalue weighted by Gasteiger charge is -2.10. The van der Waals surface area contributed by atoms with Gasteiger partial charge in [-0.05, 0) is 32.4 Å². The average molecular weight is 224 g/mol. The van der Waals surface area contributed by atoms with Crippen LogP contribution in [-0.4, -0.2) is 24.3 Å². The summed E-state index contributed by atoms with van der Waals surface area (Å²) in [6, 6.07) is 3.75. The number of nitrogens with zero attached hydrogens (tertiary/aromatic N) is 1. The Balaban J connectivity index is 2.39. The molecule has 1 aromatic rings. The van der Waals surface area contributed by atoms with E-state index < -0.39 is 0 Å². The lowest BCUT2D eigenvalue weighted by molar-refractivity contribution is 0.0542. The van der Waals surface area contributed by atoms with Gasteiger partial charge >= 0.3 is 0 Å². The first kappa shape index (κ1) is 12.9. The first-order valence-electron chi connectivity index (χ1n) is 5.55. The third-order valence-corrected chi connectivity index (χ3v) is 2.07. The molecule has 1 atom stereocenters. The number of pyridine rings is 1. The minimum absolute atomic E-state index is 0.00253. The second kappa shape index (κ2) is 6.45. The molecule has 0 aliphatic heterocycles. The van der Waals surface area contributed by atoms with Crippen molar-refractivity contribution < 1.29 is 9.47 Å². The Morgan fingerprint density at radius 1 is 1.31 bits per heavy atom.